The number of benzene rings is 3. The third kappa shape index (κ3) is 8.89. The van der Waals surface area contributed by atoms with E-state index in [0.29, 0.717) is 31.4 Å². The molecule has 0 radical (unpaired) electrons. The second kappa shape index (κ2) is 15.0. The number of hydrogen-bond acceptors (Lipinski definition) is 7. The van der Waals surface area contributed by atoms with Gasteiger partial charge >= 0.3 is 5.97 Å². The summed E-state index contributed by atoms with van der Waals surface area (Å²) in [7, 11) is 0. The Morgan fingerprint density at radius 3 is 2.14 bits per heavy atom. The average molecular weight is 587 g/mol. The van der Waals surface area contributed by atoms with E-state index in [2.05, 4.69) is 10.6 Å². The highest BCUT2D eigenvalue weighted by Crippen LogP contribution is 2.20. The van der Waals surface area contributed by atoms with Gasteiger partial charge in [0.25, 0.3) is 0 Å². The number of nitrogens with zero attached hydrogens (tertiary/aromatic N) is 1. The van der Waals surface area contributed by atoms with Crippen LogP contribution in [0.15, 0.2) is 84.9 Å². The molecule has 1 fully saturated rings. The third-order valence-corrected chi connectivity index (χ3v) is 7.40. The molecule has 0 saturated carbocycles. The van der Waals surface area contributed by atoms with E-state index >= 15 is 0 Å². The molecule has 0 aliphatic carbocycles. The summed E-state index contributed by atoms with van der Waals surface area (Å²) in [5.41, 5.74) is 8.66. The fraction of sp³-hybridized carbons (Fsp3) is 0.333. The lowest BCUT2D eigenvalue weighted by atomic mass is 10.0. The zero-order chi connectivity index (χ0) is 30.8. The van der Waals surface area contributed by atoms with Crippen LogP contribution in [0.5, 0.6) is 5.75 Å². The van der Waals surface area contributed by atoms with Crippen molar-refractivity contribution < 1.29 is 29.0 Å². The van der Waals surface area contributed by atoms with Gasteiger partial charge in [-0.1, -0.05) is 72.8 Å². The van der Waals surface area contributed by atoms with Crippen LogP contribution in [0.3, 0.4) is 0 Å². The second-order valence-corrected chi connectivity index (χ2v) is 10.7. The summed E-state index contributed by atoms with van der Waals surface area (Å²) in [5.74, 6) is -1.93. The van der Waals surface area contributed by atoms with Gasteiger partial charge in [-0.25, -0.2) is 4.79 Å². The van der Waals surface area contributed by atoms with Crippen molar-refractivity contribution >= 4 is 23.7 Å². The predicted molar refractivity (Wildman–Crippen MR) is 160 cm³/mol. The van der Waals surface area contributed by atoms with E-state index in [9.17, 15) is 24.3 Å². The summed E-state index contributed by atoms with van der Waals surface area (Å²) >= 11 is 0. The minimum Gasteiger partial charge on any atom is -0.508 e. The van der Waals surface area contributed by atoms with Crippen molar-refractivity contribution in [2.75, 3.05) is 6.54 Å². The standard InChI is InChI=1S/C33H38N4O6/c1-22(33(42)43-21-25-11-6-3-7-12-25)35-30(39)28(20-24-14-16-26(38)17-15-24)36-31(40)29-13-8-18-37(29)32(41)27(34)19-23-9-4-2-5-10-23/h2-7,9-12,14-17,22,27-29,38H,8,13,18-21,34H2,1H3,(H,35,39)(H,36,40)/t22-,27-,28-,29-/m0/s1. The number of phenols is 1. The van der Waals surface area contributed by atoms with Crippen LogP contribution in [0.25, 0.3) is 0 Å². The highest BCUT2D eigenvalue weighted by atomic mass is 16.5. The first-order chi connectivity index (χ1) is 20.7. The molecule has 0 bridgehead atoms. The van der Waals surface area contributed by atoms with Gasteiger partial charge in [0.15, 0.2) is 0 Å². The van der Waals surface area contributed by atoms with Crippen molar-refractivity contribution in [3.05, 3.63) is 102 Å². The molecule has 43 heavy (non-hydrogen) atoms. The molecule has 4 rings (SSSR count). The number of carbonyl (C=O) groups excluding carboxylic acids is 4. The number of likely N-dealkylation sites (tertiary alicyclic amines) is 1. The Hall–Kier alpha value is -4.70. The summed E-state index contributed by atoms with van der Waals surface area (Å²) in [4.78, 5) is 54.3. The Labute approximate surface area is 251 Å². The molecule has 10 heteroatoms. The van der Waals surface area contributed by atoms with E-state index in [1.54, 1.807) is 12.1 Å². The fourth-order valence-corrected chi connectivity index (χ4v) is 5.04. The minimum atomic E-state index is -1.06. The maximum absolute atomic E-state index is 13.5. The first-order valence-corrected chi connectivity index (χ1v) is 14.4. The van der Waals surface area contributed by atoms with Gasteiger partial charge in [-0.3, -0.25) is 14.4 Å². The summed E-state index contributed by atoms with van der Waals surface area (Å²) in [5, 5.41) is 15.1. The number of ether oxygens (including phenoxy) is 1. The molecule has 0 unspecified atom stereocenters. The molecule has 1 aliphatic heterocycles. The molecule has 10 nitrogen and oxygen atoms in total. The van der Waals surface area contributed by atoms with Crippen molar-refractivity contribution in [1.29, 1.82) is 0 Å². The molecule has 0 spiro atoms. The number of rotatable bonds is 12. The Bertz CT molecular complexity index is 1380. The van der Waals surface area contributed by atoms with Gasteiger partial charge in [-0.2, -0.15) is 0 Å². The van der Waals surface area contributed by atoms with Gasteiger partial charge in [0.05, 0.1) is 6.04 Å². The van der Waals surface area contributed by atoms with Crippen molar-refractivity contribution in [1.82, 2.24) is 15.5 Å². The normalized spacial score (nSPS) is 16.5. The lowest BCUT2D eigenvalue weighted by Crippen LogP contribution is -2.57. The Morgan fingerprint density at radius 1 is 0.884 bits per heavy atom. The van der Waals surface area contributed by atoms with Gasteiger partial charge in [-0.15, -0.1) is 0 Å². The van der Waals surface area contributed by atoms with Crippen LogP contribution in [-0.4, -0.2) is 64.4 Å². The molecule has 1 saturated heterocycles. The molecule has 5 N–H and O–H groups in total. The Balaban J connectivity index is 1.41. The van der Waals surface area contributed by atoms with Crippen molar-refractivity contribution in [2.45, 2.75) is 63.4 Å². The molecule has 0 aromatic heterocycles. The van der Waals surface area contributed by atoms with Gasteiger partial charge in [0.2, 0.25) is 17.7 Å². The van der Waals surface area contributed by atoms with E-state index in [0.717, 1.165) is 11.1 Å². The molecule has 3 aromatic rings. The number of nitrogens with two attached hydrogens (primary N) is 1. The molecular weight excluding hydrogens is 548 g/mol. The number of nitrogens with one attached hydrogen (secondary N) is 2. The van der Waals surface area contributed by atoms with Crippen LogP contribution in [0.2, 0.25) is 0 Å². The maximum atomic E-state index is 13.5. The van der Waals surface area contributed by atoms with E-state index in [1.165, 1.54) is 24.0 Å². The van der Waals surface area contributed by atoms with Gasteiger partial charge in [0, 0.05) is 13.0 Å². The van der Waals surface area contributed by atoms with E-state index in [1.807, 2.05) is 60.7 Å². The molecule has 3 amide bonds. The van der Waals surface area contributed by atoms with E-state index in [-0.39, 0.29) is 24.7 Å². The smallest absolute Gasteiger partial charge is 0.328 e. The maximum Gasteiger partial charge on any atom is 0.328 e. The lowest BCUT2D eigenvalue weighted by Gasteiger charge is -2.28. The van der Waals surface area contributed by atoms with Gasteiger partial charge < -0.3 is 31.1 Å². The Morgan fingerprint density at radius 2 is 1.49 bits per heavy atom. The van der Waals surface area contributed by atoms with E-state index in [4.69, 9.17) is 10.5 Å². The number of aromatic hydroxyl groups is 1. The predicted octanol–water partition coefficient (Wildman–Crippen LogP) is 2.23. The monoisotopic (exact) mass is 586 g/mol. The number of esters is 1. The number of hydrogen-bond donors (Lipinski definition) is 4. The van der Waals surface area contributed by atoms with Crippen LogP contribution < -0.4 is 16.4 Å². The van der Waals surface area contributed by atoms with Crippen LogP contribution >= 0.6 is 0 Å². The summed E-state index contributed by atoms with van der Waals surface area (Å²) in [6.45, 7) is 1.96. The zero-order valence-electron chi connectivity index (χ0n) is 24.1. The summed E-state index contributed by atoms with van der Waals surface area (Å²) < 4.78 is 5.34. The van der Waals surface area contributed by atoms with Crippen LogP contribution in [0.4, 0.5) is 0 Å². The topological polar surface area (TPSA) is 151 Å². The van der Waals surface area contributed by atoms with Crippen molar-refractivity contribution in [2.24, 2.45) is 5.73 Å². The van der Waals surface area contributed by atoms with E-state index < -0.39 is 42.0 Å². The highest BCUT2D eigenvalue weighted by molar-refractivity contribution is 5.94. The first kappa shape index (κ1) is 31.2. The minimum absolute atomic E-state index is 0.0610. The summed E-state index contributed by atoms with van der Waals surface area (Å²) in [6, 6.07) is 21.2. The molecule has 1 aliphatic rings. The number of amides is 3. The third-order valence-electron chi connectivity index (χ3n) is 7.40. The van der Waals surface area contributed by atoms with Gasteiger partial charge in [0.1, 0.15) is 30.5 Å². The van der Waals surface area contributed by atoms with Crippen molar-refractivity contribution in [3.63, 3.8) is 0 Å². The molecule has 4 atom stereocenters. The highest BCUT2D eigenvalue weighted by Gasteiger charge is 2.38. The molecule has 226 valence electrons. The average Bonchev–Trinajstić information content (AvgIpc) is 3.51. The van der Waals surface area contributed by atoms with Crippen LogP contribution in [0, 0.1) is 0 Å². The largest absolute Gasteiger partial charge is 0.508 e. The number of carbonyl (C=O) groups is 4. The molecule has 3 aromatic carbocycles. The van der Waals surface area contributed by atoms with Crippen LogP contribution in [-0.2, 0) is 43.4 Å². The van der Waals surface area contributed by atoms with Gasteiger partial charge in [-0.05, 0) is 55.0 Å². The second-order valence-electron chi connectivity index (χ2n) is 10.7. The lowest BCUT2D eigenvalue weighted by molar-refractivity contribution is -0.149. The summed E-state index contributed by atoms with van der Waals surface area (Å²) in [6.07, 6.45) is 1.50. The molecular formula is C33H38N4O6. The molecule has 1 heterocycles. The quantitative estimate of drug-likeness (QED) is 0.238. The SMILES string of the molecule is C[C@H](NC(=O)[C@H](Cc1ccc(O)cc1)NC(=O)[C@@H]1CCCN1C(=O)[C@@H](N)Cc1ccccc1)C(=O)OCc1ccccc1. The van der Waals surface area contributed by atoms with Crippen molar-refractivity contribution in [3.8, 4) is 5.75 Å². The fourth-order valence-electron chi connectivity index (χ4n) is 5.04. The first-order valence-electron chi connectivity index (χ1n) is 14.4. The van der Waals surface area contributed by atoms with Crippen LogP contribution in [0.1, 0.15) is 36.5 Å². The number of phenolic OH excluding ortho intramolecular Hbond substituents is 1. The Kier molecular flexibility index (Phi) is 10.9. The zero-order valence-corrected chi connectivity index (χ0v) is 24.1.